The average molecular weight is 283 g/mol. The fourth-order valence-corrected chi connectivity index (χ4v) is 2.34. The van der Waals surface area contributed by atoms with Crippen LogP contribution in [0.2, 0.25) is 0 Å². The number of aryl methyl sites for hydroxylation is 1. The van der Waals surface area contributed by atoms with Crippen molar-refractivity contribution in [3.63, 3.8) is 0 Å². The SMILES string of the molecule is CCC(C)NC(=O)C(C)Sc1nc(C)cc(=O)n1C. The predicted octanol–water partition coefficient (Wildman–Crippen LogP) is 1.48. The molecule has 0 aromatic carbocycles. The van der Waals surface area contributed by atoms with Gasteiger partial charge in [-0.2, -0.15) is 0 Å². The molecule has 0 aliphatic carbocycles. The van der Waals surface area contributed by atoms with E-state index in [1.54, 1.807) is 14.0 Å². The van der Waals surface area contributed by atoms with E-state index in [1.807, 2.05) is 20.8 Å². The third-order valence-corrected chi connectivity index (χ3v) is 4.02. The zero-order valence-corrected chi connectivity index (χ0v) is 12.9. The summed E-state index contributed by atoms with van der Waals surface area (Å²) in [4.78, 5) is 27.9. The molecular formula is C13H21N3O2S. The van der Waals surface area contributed by atoms with Gasteiger partial charge < -0.3 is 5.32 Å². The van der Waals surface area contributed by atoms with Crippen molar-refractivity contribution in [2.45, 2.75) is 50.6 Å². The molecule has 2 atom stereocenters. The van der Waals surface area contributed by atoms with E-state index in [0.717, 1.165) is 6.42 Å². The lowest BCUT2D eigenvalue weighted by Crippen LogP contribution is -2.37. The van der Waals surface area contributed by atoms with Crippen LogP contribution in [-0.2, 0) is 11.8 Å². The second kappa shape index (κ2) is 6.75. The van der Waals surface area contributed by atoms with Gasteiger partial charge in [0.15, 0.2) is 5.16 Å². The van der Waals surface area contributed by atoms with Crippen molar-refractivity contribution in [1.29, 1.82) is 0 Å². The van der Waals surface area contributed by atoms with Crippen LogP contribution in [0.1, 0.15) is 32.9 Å². The number of amides is 1. The topological polar surface area (TPSA) is 64.0 Å². The Kier molecular flexibility index (Phi) is 5.60. The molecule has 1 rings (SSSR count). The fraction of sp³-hybridized carbons (Fsp3) is 0.615. The number of rotatable bonds is 5. The van der Waals surface area contributed by atoms with Crippen molar-refractivity contribution in [2.75, 3.05) is 0 Å². The smallest absolute Gasteiger partial charge is 0.254 e. The summed E-state index contributed by atoms with van der Waals surface area (Å²) in [5.74, 6) is -0.0323. The van der Waals surface area contributed by atoms with Gasteiger partial charge in [0.1, 0.15) is 0 Å². The highest BCUT2D eigenvalue weighted by atomic mass is 32.2. The van der Waals surface area contributed by atoms with Crippen LogP contribution in [-0.4, -0.2) is 26.8 Å². The molecule has 0 saturated carbocycles. The van der Waals surface area contributed by atoms with Crippen LogP contribution in [0.4, 0.5) is 0 Å². The molecule has 0 aliphatic heterocycles. The molecule has 1 heterocycles. The van der Waals surface area contributed by atoms with Crippen molar-refractivity contribution in [1.82, 2.24) is 14.9 Å². The maximum atomic E-state index is 12.0. The summed E-state index contributed by atoms with van der Waals surface area (Å²) >= 11 is 1.30. The summed E-state index contributed by atoms with van der Waals surface area (Å²) in [5, 5.41) is 3.21. The Labute approximate surface area is 117 Å². The summed E-state index contributed by atoms with van der Waals surface area (Å²) in [7, 11) is 1.66. The molecule has 106 valence electrons. The average Bonchev–Trinajstić information content (AvgIpc) is 2.34. The van der Waals surface area contributed by atoms with E-state index >= 15 is 0 Å². The lowest BCUT2D eigenvalue weighted by Gasteiger charge is -2.16. The highest BCUT2D eigenvalue weighted by molar-refractivity contribution is 8.00. The van der Waals surface area contributed by atoms with Crippen LogP contribution < -0.4 is 10.9 Å². The molecular weight excluding hydrogens is 262 g/mol. The number of carbonyl (C=O) groups is 1. The Bertz CT molecular complexity index is 513. The molecule has 1 aromatic rings. The molecule has 0 spiro atoms. The lowest BCUT2D eigenvalue weighted by atomic mass is 10.2. The summed E-state index contributed by atoms with van der Waals surface area (Å²) in [5.41, 5.74) is 0.560. The Morgan fingerprint density at radius 3 is 2.74 bits per heavy atom. The normalized spacial score (nSPS) is 13.9. The number of carbonyl (C=O) groups excluding carboxylic acids is 1. The minimum atomic E-state index is -0.283. The van der Waals surface area contributed by atoms with Crippen molar-refractivity contribution < 1.29 is 4.79 Å². The highest BCUT2D eigenvalue weighted by Gasteiger charge is 2.18. The zero-order valence-electron chi connectivity index (χ0n) is 12.1. The predicted molar refractivity (Wildman–Crippen MR) is 77.4 cm³/mol. The van der Waals surface area contributed by atoms with E-state index < -0.39 is 0 Å². The molecule has 0 radical (unpaired) electrons. The molecule has 1 N–H and O–H groups in total. The van der Waals surface area contributed by atoms with E-state index in [-0.39, 0.29) is 22.8 Å². The van der Waals surface area contributed by atoms with Gasteiger partial charge in [-0.05, 0) is 27.2 Å². The number of aromatic nitrogens is 2. The second-order valence-electron chi connectivity index (χ2n) is 4.66. The number of nitrogens with zero attached hydrogens (tertiary/aromatic N) is 2. The van der Waals surface area contributed by atoms with Gasteiger partial charge in [-0.15, -0.1) is 0 Å². The Hall–Kier alpha value is -1.30. The van der Waals surface area contributed by atoms with E-state index in [2.05, 4.69) is 10.3 Å². The van der Waals surface area contributed by atoms with Crippen LogP contribution in [0.25, 0.3) is 0 Å². The first-order chi connectivity index (χ1) is 8.85. The molecule has 0 aliphatic rings. The third kappa shape index (κ3) is 4.38. The van der Waals surface area contributed by atoms with Gasteiger partial charge in [0.25, 0.3) is 5.56 Å². The van der Waals surface area contributed by atoms with Crippen molar-refractivity contribution in [2.24, 2.45) is 7.05 Å². The Morgan fingerprint density at radius 2 is 2.16 bits per heavy atom. The number of thioether (sulfide) groups is 1. The zero-order chi connectivity index (χ0) is 14.6. The van der Waals surface area contributed by atoms with Crippen LogP contribution in [0.5, 0.6) is 0 Å². The number of nitrogens with one attached hydrogen (secondary N) is 1. The van der Waals surface area contributed by atoms with Crippen molar-refractivity contribution >= 4 is 17.7 Å². The van der Waals surface area contributed by atoms with Crippen LogP contribution in [0.15, 0.2) is 16.0 Å². The Balaban J connectivity index is 2.80. The summed E-state index contributed by atoms with van der Waals surface area (Å²) in [6.45, 7) is 7.58. The molecule has 6 heteroatoms. The molecule has 5 nitrogen and oxygen atoms in total. The maximum absolute atomic E-state index is 12.0. The first-order valence-electron chi connectivity index (χ1n) is 6.36. The Morgan fingerprint density at radius 1 is 1.53 bits per heavy atom. The van der Waals surface area contributed by atoms with E-state index in [9.17, 15) is 9.59 Å². The van der Waals surface area contributed by atoms with Gasteiger partial charge in [0.2, 0.25) is 5.91 Å². The number of hydrogen-bond acceptors (Lipinski definition) is 4. The second-order valence-corrected chi connectivity index (χ2v) is 5.96. The molecule has 1 amide bonds. The lowest BCUT2D eigenvalue weighted by molar-refractivity contribution is -0.120. The highest BCUT2D eigenvalue weighted by Crippen LogP contribution is 2.20. The standard InChI is InChI=1S/C13H21N3O2S/c1-6-8(2)14-12(18)10(4)19-13-15-9(3)7-11(17)16(13)5/h7-8,10H,6H2,1-5H3,(H,14,18). The van der Waals surface area contributed by atoms with Crippen LogP contribution in [0.3, 0.4) is 0 Å². The molecule has 0 bridgehead atoms. The van der Waals surface area contributed by atoms with Gasteiger partial charge in [0.05, 0.1) is 5.25 Å². The molecule has 2 unspecified atom stereocenters. The van der Waals surface area contributed by atoms with Crippen molar-refractivity contribution in [3.8, 4) is 0 Å². The minimum Gasteiger partial charge on any atom is -0.353 e. The van der Waals surface area contributed by atoms with E-state index in [1.165, 1.54) is 22.4 Å². The van der Waals surface area contributed by atoms with Crippen LogP contribution in [0, 0.1) is 6.92 Å². The minimum absolute atomic E-state index is 0.0323. The van der Waals surface area contributed by atoms with E-state index in [0.29, 0.717) is 10.9 Å². The molecule has 19 heavy (non-hydrogen) atoms. The fourth-order valence-electron chi connectivity index (χ4n) is 1.41. The molecule has 1 aromatic heterocycles. The van der Waals surface area contributed by atoms with Crippen LogP contribution >= 0.6 is 11.8 Å². The van der Waals surface area contributed by atoms with Gasteiger partial charge in [0, 0.05) is 24.8 Å². The quantitative estimate of drug-likeness (QED) is 0.657. The van der Waals surface area contributed by atoms with Gasteiger partial charge in [-0.3, -0.25) is 14.2 Å². The first-order valence-corrected chi connectivity index (χ1v) is 7.24. The summed E-state index contributed by atoms with van der Waals surface area (Å²) < 4.78 is 1.46. The monoisotopic (exact) mass is 283 g/mol. The first kappa shape index (κ1) is 15.8. The summed E-state index contributed by atoms with van der Waals surface area (Å²) in [6.07, 6.45) is 0.893. The third-order valence-electron chi connectivity index (χ3n) is 2.87. The summed E-state index contributed by atoms with van der Waals surface area (Å²) in [6, 6.07) is 1.64. The van der Waals surface area contributed by atoms with Gasteiger partial charge >= 0.3 is 0 Å². The number of hydrogen-bond donors (Lipinski definition) is 1. The van der Waals surface area contributed by atoms with Gasteiger partial charge in [-0.1, -0.05) is 18.7 Å². The van der Waals surface area contributed by atoms with Gasteiger partial charge in [-0.25, -0.2) is 4.98 Å². The molecule has 0 saturated heterocycles. The van der Waals surface area contributed by atoms with E-state index in [4.69, 9.17) is 0 Å². The largest absolute Gasteiger partial charge is 0.353 e. The van der Waals surface area contributed by atoms with Crippen molar-refractivity contribution in [3.05, 3.63) is 22.1 Å². The molecule has 0 fully saturated rings. The maximum Gasteiger partial charge on any atom is 0.254 e.